The Labute approximate surface area is 184 Å². The highest BCUT2D eigenvalue weighted by molar-refractivity contribution is 6.33. The van der Waals surface area contributed by atoms with Crippen molar-refractivity contribution in [2.24, 2.45) is 0 Å². The molecule has 0 fully saturated rings. The van der Waals surface area contributed by atoms with Gasteiger partial charge in [-0.15, -0.1) is 0 Å². The number of carboxylic acids is 4. The average Bonchev–Trinajstić information content (AvgIpc) is 2.74. The molecule has 0 bridgehead atoms. The molecule has 32 heavy (non-hydrogen) atoms. The largest absolute Gasteiger partial charge is 0.478 e. The minimum absolute atomic E-state index is 0.387. The SMILES string of the molecule is O=C(O)c1ccc(C(c2ccc(C(=O)O)c(C(=O)O)c2)c2ccccc2[Si])cc1C(=O)O. The van der Waals surface area contributed by atoms with Gasteiger partial charge in [-0.3, -0.25) is 0 Å². The van der Waals surface area contributed by atoms with E-state index in [1.165, 1.54) is 36.4 Å². The third kappa shape index (κ3) is 4.28. The van der Waals surface area contributed by atoms with Crippen molar-refractivity contribution in [2.75, 3.05) is 0 Å². The molecule has 0 aliphatic heterocycles. The summed E-state index contributed by atoms with van der Waals surface area (Å²) in [5, 5.41) is 38.3. The minimum atomic E-state index is -1.43. The van der Waals surface area contributed by atoms with E-state index in [9.17, 15) is 39.6 Å². The molecule has 159 valence electrons. The topological polar surface area (TPSA) is 149 Å². The fourth-order valence-electron chi connectivity index (χ4n) is 3.51. The lowest BCUT2D eigenvalue weighted by Gasteiger charge is -2.22. The van der Waals surface area contributed by atoms with Gasteiger partial charge in [0.2, 0.25) is 0 Å². The third-order valence-corrected chi connectivity index (χ3v) is 5.40. The monoisotopic (exact) mass is 447 g/mol. The molecule has 0 aromatic heterocycles. The summed E-state index contributed by atoms with van der Waals surface area (Å²) in [6, 6.07) is 14.7. The Morgan fingerprint density at radius 3 is 1.38 bits per heavy atom. The van der Waals surface area contributed by atoms with Crippen LogP contribution in [0.15, 0.2) is 60.7 Å². The standard InChI is InChI=1S/C23H15O8Si/c24-20(25)13-7-5-11(9-16(13)22(28)29)19(15-3-1-2-4-18(15)32)12-6-8-14(21(26)27)17(10-12)23(30)31/h1-10,19H,(H,24,25)(H,26,27)(H,28,29)(H,30,31). The molecule has 0 amide bonds. The number of hydrogen-bond acceptors (Lipinski definition) is 4. The fourth-order valence-corrected chi connectivity index (χ4v) is 3.83. The van der Waals surface area contributed by atoms with Gasteiger partial charge in [-0.25, -0.2) is 19.2 Å². The van der Waals surface area contributed by atoms with E-state index in [1.54, 1.807) is 24.3 Å². The van der Waals surface area contributed by atoms with E-state index >= 15 is 0 Å². The number of benzene rings is 3. The molecule has 4 N–H and O–H groups in total. The van der Waals surface area contributed by atoms with E-state index in [2.05, 4.69) is 10.2 Å². The molecule has 3 aromatic rings. The molecule has 0 unspecified atom stereocenters. The fraction of sp³-hybridized carbons (Fsp3) is 0.0435. The first-order valence-corrected chi connectivity index (χ1v) is 9.63. The molecule has 0 spiro atoms. The summed E-state index contributed by atoms with van der Waals surface area (Å²) in [6.07, 6.45) is 0. The normalized spacial score (nSPS) is 10.7. The Hall–Kier alpha value is -4.24. The lowest BCUT2D eigenvalue weighted by atomic mass is 9.82. The van der Waals surface area contributed by atoms with Crippen LogP contribution in [0.1, 0.15) is 64.0 Å². The van der Waals surface area contributed by atoms with Crippen molar-refractivity contribution in [3.8, 4) is 0 Å². The van der Waals surface area contributed by atoms with Gasteiger partial charge in [0.15, 0.2) is 0 Å². The van der Waals surface area contributed by atoms with E-state index in [4.69, 9.17) is 0 Å². The van der Waals surface area contributed by atoms with Gasteiger partial charge in [0.05, 0.1) is 32.5 Å². The third-order valence-electron chi connectivity index (χ3n) is 4.95. The molecule has 0 saturated heterocycles. The highest BCUT2D eigenvalue weighted by atomic mass is 28.1. The van der Waals surface area contributed by atoms with Crippen molar-refractivity contribution in [1.82, 2.24) is 0 Å². The van der Waals surface area contributed by atoms with Gasteiger partial charge >= 0.3 is 23.9 Å². The van der Waals surface area contributed by atoms with Gasteiger partial charge in [0, 0.05) is 5.92 Å². The zero-order valence-corrected chi connectivity index (χ0v) is 17.3. The van der Waals surface area contributed by atoms with Crippen LogP contribution in [0.2, 0.25) is 0 Å². The average molecular weight is 447 g/mol. The van der Waals surface area contributed by atoms with Crippen LogP contribution in [-0.2, 0) is 0 Å². The lowest BCUT2D eigenvalue weighted by Crippen LogP contribution is -2.18. The van der Waals surface area contributed by atoms with Gasteiger partial charge in [-0.2, -0.15) is 0 Å². The maximum Gasteiger partial charge on any atom is 0.336 e. The first-order chi connectivity index (χ1) is 15.1. The van der Waals surface area contributed by atoms with Gasteiger partial charge in [-0.05, 0) is 41.0 Å². The van der Waals surface area contributed by atoms with Crippen LogP contribution in [0, 0.1) is 0 Å². The van der Waals surface area contributed by atoms with Crippen LogP contribution in [-0.4, -0.2) is 54.5 Å². The Kier molecular flexibility index (Phi) is 6.21. The molecule has 3 radical (unpaired) electrons. The number of carbonyl (C=O) groups is 4. The second kappa shape index (κ2) is 8.86. The summed E-state index contributed by atoms with van der Waals surface area (Å²) in [6.45, 7) is 0. The van der Waals surface area contributed by atoms with Crippen LogP contribution in [0.25, 0.3) is 0 Å². The second-order valence-electron chi connectivity index (χ2n) is 6.85. The van der Waals surface area contributed by atoms with E-state index in [-0.39, 0.29) is 11.1 Å². The van der Waals surface area contributed by atoms with Crippen LogP contribution < -0.4 is 5.19 Å². The molecule has 0 aliphatic rings. The summed E-state index contributed by atoms with van der Waals surface area (Å²) in [4.78, 5) is 46.2. The number of hydrogen-bond donors (Lipinski definition) is 4. The van der Waals surface area contributed by atoms with Crippen molar-refractivity contribution in [2.45, 2.75) is 5.92 Å². The molecule has 8 nitrogen and oxygen atoms in total. The van der Waals surface area contributed by atoms with Crippen LogP contribution >= 0.6 is 0 Å². The van der Waals surface area contributed by atoms with Gasteiger partial charge in [-0.1, -0.05) is 41.6 Å². The van der Waals surface area contributed by atoms with Crippen LogP contribution in [0.5, 0.6) is 0 Å². The van der Waals surface area contributed by atoms with E-state index < -0.39 is 40.9 Å². The second-order valence-corrected chi connectivity index (χ2v) is 7.39. The highest BCUT2D eigenvalue weighted by Gasteiger charge is 2.25. The molecular formula is C23H15O8Si. The van der Waals surface area contributed by atoms with Crippen molar-refractivity contribution in [3.05, 3.63) is 99.6 Å². The zero-order valence-electron chi connectivity index (χ0n) is 16.3. The number of rotatable bonds is 7. The summed E-state index contributed by atoms with van der Waals surface area (Å²) in [5.74, 6) is -6.37. The smallest absolute Gasteiger partial charge is 0.336 e. The van der Waals surface area contributed by atoms with Gasteiger partial charge in [0.25, 0.3) is 0 Å². The van der Waals surface area contributed by atoms with Crippen molar-refractivity contribution < 1.29 is 39.6 Å². The Morgan fingerprint density at radius 2 is 1.00 bits per heavy atom. The molecule has 0 heterocycles. The highest BCUT2D eigenvalue weighted by Crippen LogP contribution is 2.33. The first-order valence-electron chi connectivity index (χ1n) is 9.13. The minimum Gasteiger partial charge on any atom is -0.478 e. The summed E-state index contributed by atoms with van der Waals surface area (Å²) < 4.78 is 0. The maximum absolute atomic E-state index is 11.7. The first kappa shape index (κ1) is 22.4. The van der Waals surface area contributed by atoms with Crippen molar-refractivity contribution in [1.29, 1.82) is 0 Å². The van der Waals surface area contributed by atoms with Gasteiger partial charge < -0.3 is 20.4 Å². The van der Waals surface area contributed by atoms with Crippen molar-refractivity contribution >= 4 is 39.3 Å². The van der Waals surface area contributed by atoms with Crippen LogP contribution in [0.4, 0.5) is 0 Å². The molecule has 0 aliphatic carbocycles. The summed E-state index contributed by atoms with van der Waals surface area (Å²) in [7, 11) is 3.50. The summed E-state index contributed by atoms with van der Waals surface area (Å²) in [5.41, 5.74) is -0.213. The zero-order chi connectivity index (χ0) is 23.6. The molecule has 3 rings (SSSR count). The predicted molar refractivity (Wildman–Crippen MR) is 113 cm³/mol. The maximum atomic E-state index is 11.7. The van der Waals surface area contributed by atoms with Gasteiger partial charge in [0.1, 0.15) is 0 Å². The predicted octanol–water partition coefficient (Wildman–Crippen LogP) is 2.45. The molecule has 0 atom stereocenters. The molecular weight excluding hydrogens is 432 g/mol. The Balaban J connectivity index is 2.32. The molecule has 0 saturated carbocycles. The Morgan fingerprint density at radius 1 is 0.594 bits per heavy atom. The van der Waals surface area contributed by atoms with E-state index in [0.717, 1.165) is 0 Å². The molecule has 9 heteroatoms. The lowest BCUT2D eigenvalue weighted by molar-refractivity contribution is 0.0651. The van der Waals surface area contributed by atoms with E-state index in [1.807, 2.05) is 0 Å². The van der Waals surface area contributed by atoms with Crippen LogP contribution in [0.3, 0.4) is 0 Å². The van der Waals surface area contributed by atoms with E-state index in [0.29, 0.717) is 21.9 Å². The molecule has 3 aromatic carbocycles. The summed E-state index contributed by atoms with van der Waals surface area (Å²) >= 11 is 0. The quantitative estimate of drug-likeness (QED) is 0.319. The van der Waals surface area contributed by atoms with Crippen molar-refractivity contribution in [3.63, 3.8) is 0 Å². The number of carboxylic acid groups (broad SMARTS) is 4. The number of aromatic carboxylic acids is 4. The Bertz CT molecular complexity index is 1190.